The van der Waals surface area contributed by atoms with Crippen LogP contribution in [0.2, 0.25) is 0 Å². The van der Waals surface area contributed by atoms with Crippen molar-refractivity contribution in [3.8, 4) is 11.6 Å². The van der Waals surface area contributed by atoms with Crippen molar-refractivity contribution in [2.24, 2.45) is 5.41 Å². The van der Waals surface area contributed by atoms with E-state index in [9.17, 15) is 4.79 Å². The van der Waals surface area contributed by atoms with Crippen molar-refractivity contribution >= 4 is 17.5 Å². The molecule has 1 aromatic carbocycles. The van der Waals surface area contributed by atoms with Crippen molar-refractivity contribution in [3.05, 3.63) is 30.5 Å². The number of imidazole rings is 1. The molecule has 1 aromatic heterocycles. The number of hydrogen-bond acceptors (Lipinski definition) is 6. The van der Waals surface area contributed by atoms with Crippen LogP contribution in [0.4, 0.5) is 11.6 Å². The maximum Gasteiger partial charge on any atom is 0.233 e. The van der Waals surface area contributed by atoms with Gasteiger partial charge in [0.15, 0.2) is 0 Å². The van der Waals surface area contributed by atoms with Crippen LogP contribution in [0.1, 0.15) is 19.3 Å². The number of aromatic amines is 1. The van der Waals surface area contributed by atoms with Crippen molar-refractivity contribution in [2.75, 3.05) is 43.6 Å². The number of ether oxygens (including phenoxy) is 3. The first-order valence-electron chi connectivity index (χ1n) is 9.62. The number of benzene rings is 1. The summed E-state index contributed by atoms with van der Waals surface area (Å²) < 4.78 is 16.7. The highest BCUT2D eigenvalue weighted by molar-refractivity contribution is 5.97. The van der Waals surface area contributed by atoms with E-state index in [-0.39, 0.29) is 16.9 Å². The van der Waals surface area contributed by atoms with E-state index < -0.39 is 0 Å². The lowest BCUT2D eigenvalue weighted by Crippen LogP contribution is -2.72. The number of anilines is 2. The predicted molar refractivity (Wildman–Crippen MR) is 103 cm³/mol. The molecule has 3 aliphatic carbocycles. The lowest BCUT2D eigenvalue weighted by molar-refractivity contribution is -0.260. The highest BCUT2D eigenvalue weighted by Gasteiger charge is 2.72. The average Bonchev–Trinajstić information content (AvgIpc) is 3.08. The first-order valence-corrected chi connectivity index (χ1v) is 9.62. The van der Waals surface area contributed by atoms with Crippen LogP contribution in [0.25, 0.3) is 0 Å². The van der Waals surface area contributed by atoms with Crippen LogP contribution in [-0.4, -0.2) is 54.9 Å². The van der Waals surface area contributed by atoms with Gasteiger partial charge in [0.25, 0.3) is 0 Å². The molecule has 28 heavy (non-hydrogen) atoms. The number of methoxy groups -OCH3 is 1. The summed E-state index contributed by atoms with van der Waals surface area (Å²) >= 11 is 0. The quantitative estimate of drug-likeness (QED) is 0.796. The molecule has 1 amide bonds. The Morgan fingerprint density at radius 2 is 1.93 bits per heavy atom. The number of amides is 1. The molecule has 8 nitrogen and oxygen atoms in total. The van der Waals surface area contributed by atoms with Crippen LogP contribution >= 0.6 is 0 Å². The van der Waals surface area contributed by atoms with Crippen molar-refractivity contribution in [1.82, 2.24) is 9.97 Å². The van der Waals surface area contributed by atoms with Gasteiger partial charge in [-0.3, -0.25) is 15.1 Å². The summed E-state index contributed by atoms with van der Waals surface area (Å²) in [7, 11) is 1.71. The fraction of sp³-hybridized carbons (Fsp3) is 0.500. The molecule has 0 spiro atoms. The predicted octanol–water partition coefficient (Wildman–Crippen LogP) is 2.55. The molecule has 2 heterocycles. The number of H-pyrrole nitrogens is 1. The number of nitrogens with one attached hydrogen (secondary N) is 2. The molecule has 3 saturated carbocycles. The molecule has 8 heteroatoms. The van der Waals surface area contributed by atoms with Gasteiger partial charge in [-0.2, -0.15) is 0 Å². The third kappa shape index (κ3) is 2.93. The molecular weight excluding hydrogens is 360 g/mol. The molecule has 0 atom stereocenters. The average molecular weight is 384 g/mol. The van der Waals surface area contributed by atoms with E-state index in [1.54, 1.807) is 13.3 Å². The molecule has 2 N–H and O–H groups in total. The third-order valence-corrected chi connectivity index (χ3v) is 6.12. The van der Waals surface area contributed by atoms with Crippen LogP contribution in [0, 0.1) is 5.41 Å². The molecule has 1 aliphatic heterocycles. The molecule has 6 rings (SSSR count). The van der Waals surface area contributed by atoms with Crippen LogP contribution in [-0.2, 0) is 14.3 Å². The molecule has 1 saturated heterocycles. The molecule has 2 bridgehead atoms. The Morgan fingerprint density at radius 3 is 2.61 bits per heavy atom. The largest absolute Gasteiger partial charge is 0.439 e. The van der Waals surface area contributed by atoms with Crippen molar-refractivity contribution in [2.45, 2.75) is 24.9 Å². The molecule has 4 aliphatic rings. The van der Waals surface area contributed by atoms with Crippen LogP contribution in [0.5, 0.6) is 11.6 Å². The Hall–Kier alpha value is -2.58. The summed E-state index contributed by atoms with van der Waals surface area (Å²) in [6.45, 7) is 3.32. The zero-order valence-corrected chi connectivity index (χ0v) is 15.9. The van der Waals surface area contributed by atoms with Crippen LogP contribution < -0.4 is 15.0 Å². The lowest BCUT2D eigenvalue weighted by Gasteiger charge is -2.67. The molecule has 0 radical (unpaired) electrons. The molecule has 2 aromatic rings. The first kappa shape index (κ1) is 17.5. The van der Waals surface area contributed by atoms with Gasteiger partial charge >= 0.3 is 0 Å². The fourth-order valence-corrected chi connectivity index (χ4v) is 4.49. The van der Waals surface area contributed by atoms with Crippen molar-refractivity contribution in [1.29, 1.82) is 0 Å². The molecule has 4 fully saturated rings. The summed E-state index contributed by atoms with van der Waals surface area (Å²) in [5.41, 5.74) is 0.821. The summed E-state index contributed by atoms with van der Waals surface area (Å²) in [6.07, 6.45) is 3.95. The normalized spacial score (nSPS) is 28.2. The Morgan fingerprint density at radius 1 is 1.21 bits per heavy atom. The second-order valence-corrected chi connectivity index (χ2v) is 7.94. The maximum atomic E-state index is 12.5. The SMILES string of the molecule is COC12CC(C(=O)Nc3ncc(Oc4ccc(N5CCOCC5)cc4)[nH]3)(C1)C2. The summed E-state index contributed by atoms with van der Waals surface area (Å²) in [4.78, 5) is 22.0. The second kappa shape index (κ2) is 6.49. The van der Waals surface area contributed by atoms with Gasteiger partial charge in [-0.05, 0) is 43.5 Å². The number of aromatic nitrogens is 2. The van der Waals surface area contributed by atoms with Crippen molar-refractivity contribution < 1.29 is 19.0 Å². The fourth-order valence-electron chi connectivity index (χ4n) is 4.49. The van der Waals surface area contributed by atoms with Gasteiger partial charge in [0.1, 0.15) is 5.75 Å². The Kier molecular flexibility index (Phi) is 4.06. The first-order chi connectivity index (χ1) is 13.6. The highest BCUT2D eigenvalue weighted by atomic mass is 16.5. The minimum absolute atomic E-state index is 0.00203. The van der Waals surface area contributed by atoms with Gasteiger partial charge in [-0.25, -0.2) is 4.98 Å². The molecular formula is C20H24N4O4. The van der Waals surface area contributed by atoms with Gasteiger partial charge in [0.2, 0.25) is 17.7 Å². The Bertz CT molecular complexity index is 853. The van der Waals surface area contributed by atoms with Gasteiger partial charge in [0.05, 0.1) is 30.4 Å². The number of nitrogens with zero attached hydrogens (tertiary/aromatic N) is 2. The van der Waals surface area contributed by atoms with Gasteiger partial charge in [-0.15, -0.1) is 0 Å². The standard InChI is InChI=1S/C20H24N4O4/c1-26-20-11-19(12-20,13-20)17(25)23-18-21-10-16(22-18)28-15-4-2-14(3-5-15)24-6-8-27-9-7-24/h2-5,10H,6-9,11-13H2,1H3,(H2,21,22,23,25). The number of hydrogen-bond donors (Lipinski definition) is 2. The van der Waals surface area contributed by atoms with E-state index in [2.05, 4.69) is 20.2 Å². The number of carbonyl (C=O) groups is 1. The Labute approximate surface area is 163 Å². The second-order valence-electron chi connectivity index (χ2n) is 7.94. The third-order valence-electron chi connectivity index (χ3n) is 6.12. The van der Waals surface area contributed by atoms with E-state index in [1.165, 1.54) is 0 Å². The smallest absolute Gasteiger partial charge is 0.233 e. The Balaban J connectivity index is 1.17. The number of carbonyl (C=O) groups excluding carboxylic acids is 1. The van der Waals surface area contributed by atoms with E-state index in [0.717, 1.165) is 51.3 Å². The van der Waals surface area contributed by atoms with Gasteiger partial charge in [0, 0.05) is 25.9 Å². The maximum absolute atomic E-state index is 12.5. The topological polar surface area (TPSA) is 88.7 Å². The van der Waals surface area contributed by atoms with Gasteiger partial charge in [-0.1, -0.05) is 0 Å². The lowest BCUT2D eigenvalue weighted by atomic mass is 9.41. The monoisotopic (exact) mass is 384 g/mol. The zero-order valence-electron chi connectivity index (χ0n) is 15.9. The summed E-state index contributed by atoms with van der Waals surface area (Å²) in [5.74, 6) is 1.60. The van der Waals surface area contributed by atoms with E-state index >= 15 is 0 Å². The minimum Gasteiger partial charge on any atom is -0.439 e. The molecule has 0 unspecified atom stereocenters. The minimum atomic E-state index is -0.279. The number of morpholine rings is 1. The highest BCUT2D eigenvalue weighted by Crippen LogP contribution is 2.69. The van der Waals surface area contributed by atoms with Crippen LogP contribution in [0.3, 0.4) is 0 Å². The van der Waals surface area contributed by atoms with Gasteiger partial charge < -0.3 is 19.1 Å². The van der Waals surface area contributed by atoms with E-state index in [0.29, 0.717) is 17.6 Å². The van der Waals surface area contributed by atoms with Crippen molar-refractivity contribution in [3.63, 3.8) is 0 Å². The zero-order chi connectivity index (χ0) is 19.2. The number of rotatable bonds is 6. The summed E-state index contributed by atoms with van der Waals surface area (Å²) in [6, 6.07) is 7.92. The van der Waals surface area contributed by atoms with Crippen LogP contribution in [0.15, 0.2) is 30.5 Å². The van der Waals surface area contributed by atoms with E-state index in [1.807, 2.05) is 24.3 Å². The summed E-state index contributed by atoms with van der Waals surface area (Å²) in [5, 5.41) is 2.86. The molecule has 148 valence electrons. The van der Waals surface area contributed by atoms with E-state index in [4.69, 9.17) is 14.2 Å².